The van der Waals surface area contributed by atoms with E-state index < -0.39 is 5.97 Å². The zero-order chi connectivity index (χ0) is 14.5. The summed E-state index contributed by atoms with van der Waals surface area (Å²) in [5.41, 5.74) is 0.0315. The molecule has 0 aromatic carbocycles. The van der Waals surface area contributed by atoms with Gasteiger partial charge in [0, 0.05) is 26.6 Å². The van der Waals surface area contributed by atoms with Crippen molar-refractivity contribution in [1.82, 2.24) is 9.88 Å². The van der Waals surface area contributed by atoms with Crippen molar-refractivity contribution in [2.45, 2.75) is 19.8 Å². The Balaban J connectivity index is 1.90. The number of hydrogen-bond donors (Lipinski definition) is 2. The van der Waals surface area contributed by atoms with Gasteiger partial charge in [-0.1, -0.05) is 6.07 Å². The predicted octanol–water partition coefficient (Wildman–Crippen LogP) is 1.45. The van der Waals surface area contributed by atoms with E-state index in [0.29, 0.717) is 18.3 Å². The predicted molar refractivity (Wildman–Crippen MR) is 74.7 cm³/mol. The first-order valence-corrected chi connectivity index (χ1v) is 6.76. The molecule has 1 fully saturated rings. The maximum atomic E-state index is 11.4. The number of carbonyl (C=O) groups is 2. The lowest BCUT2D eigenvalue weighted by molar-refractivity contribution is -0.130. The smallest absolute Gasteiger partial charge is 0.354 e. The van der Waals surface area contributed by atoms with E-state index in [9.17, 15) is 9.59 Å². The average Bonchev–Trinajstić information content (AvgIpc) is 2.45. The molecule has 108 valence electrons. The summed E-state index contributed by atoms with van der Waals surface area (Å²) in [6.45, 7) is 3.87. The maximum Gasteiger partial charge on any atom is 0.354 e. The van der Waals surface area contributed by atoms with Crippen LogP contribution in [0.1, 0.15) is 30.3 Å². The Morgan fingerprint density at radius 3 is 3.00 bits per heavy atom. The van der Waals surface area contributed by atoms with Gasteiger partial charge < -0.3 is 15.3 Å². The molecule has 0 saturated carbocycles. The van der Waals surface area contributed by atoms with Gasteiger partial charge in [-0.3, -0.25) is 4.79 Å². The van der Waals surface area contributed by atoms with Gasteiger partial charge in [-0.05, 0) is 30.9 Å². The number of aromatic carboxylic acids is 1. The monoisotopic (exact) mass is 277 g/mol. The lowest BCUT2D eigenvalue weighted by Crippen LogP contribution is -2.40. The van der Waals surface area contributed by atoms with Crippen LogP contribution < -0.4 is 5.32 Å². The Morgan fingerprint density at radius 1 is 1.50 bits per heavy atom. The molecule has 0 bridgehead atoms. The molecule has 1 unspecified atom stereocenters. The van der Waals surface area contributed by atoms with Crippen molar-refractivity contribution in [3.05, 3.63) is 23.9 Å². The van der Waals surface area contributed by atoms with E-state index in [0.717, 1.165) is 25.9 Å². The fraction of sp³-hybridized carbons (Fsp3) is 0.500. The third-order valence-corrected chi connectivity index (χ3v) is 3.50. The molecule has 2 rings (SSSR count). The van der Waals surface area contributed by atoms with E-state index in [1.165, 1.54) is 6.07 Å². The zero-order valence-corrected chi connectivity index (χ0v) is 11.5. The molecule has 2 N–H and O–H groups in total. The van der Waals surface area contributed by atoms with Crippen LogP contribution in [-0.4, -0.2) is 46.5 Å². The molecule has 1 amide bonds. The van der Waals surface area contributed by atoms with E-state index >= 15 is 0 Å². The Kier molecular flexibility index (Phi) is 4.55. The standard InChI is InChI=1S/C14H19N3O3/c1-10(18)17-7-3-4-11(9-17)8-15-13-6-2-5-12(16-13)14(19)20/h2,5-6,11H,3-4,7-9H2,1H3,(H,15,16)(H,19,20). The second kappa shape index (κ2) is 6.36. The van der Waals surface area contributed by atoms with Crippen molar-refractivity contribution >= 4 is 17.7 Å². The fourth-order valence-electron chi connectivity index (χ4n) is 2.42. The van der Waals surface area contributed by atoms with Gasteiger partial charge in [0.2, 0.25) is 5.91 Å². The highest BCUT2D eigenvalue weighted by molar-refractivity contribution is 5.85. The molecule has 6 heteroatoms. The summed E-state index contributed by atoms with van der Waals surface area (Å²) in [5, 5.41) is 12.0. The Labute approximate surface area is 117 Å². The SMILES string of the molecule is CC(=O)N1CCCC(CNc2cccc(C(=O)O)n2)C1. The highest BCUT2D eigenvalue weighted by atomic mass is 16.4. The number of piperidine rings is 1. The summed E-state index contributed by atoms with van der Waals surface area (Å²) in [6, 6.07) is 4.88. The molecule has 1 aliphatic heterocycles. The molecule has 2 heterocycles. The first kappa shape index (κ1) is 14.3. The highest BCUT2D eigenvalue weighted by Crippen LogP contribution is 2.17. The lowest BCUT2D eigenvalue weighted by atomic mass is 9.98. The van der Waals surface area contributed by atoms with Gasteiger partial charge in [-0.2, -0.15) is 0 Å². The molecular weight excluding hydrogens is 258 g/mol. The molecule has 0 aliphatic carbocycles. The fourth-order valence-corrected chi connectivity index (χ4v) is 2.42. The molecule has 1 atom stereocenters. The quantitative estimate of drug-likeness (QED) is 0.870. The number of carboxylic acid groups (broad SMARTS) is 1. The van der Waals surface area contributed by atoms with Crippen LogP contribution in [-0.2, 0) is 4.79 Å². The van der Waals surface area contributed by atoms with Gasteiger partial charge in [0.15, 0.2) is 5.69 Å². The molecular formula is C14H19N3O3. The van der Waals surface area contributed by atoms with Gasteiger partial charge in [0.1, 0.15) is 5.82 Å². The number of nitrogens with zero attached hydrogens (tertiary/aromatic N) is 2. The summed E-state index contributed by atoms with van der Waals surface area (Å²) in [7, 11) is 0. The Morgan fingerprint density at radius 2 is 2.30 bits per heavy atom. The van der Waals surface area contributed by atoms with E-state index in [4.69, 9.17) is 5.11 Å². The van der Waals surface area contributed by atoms with Crippen LogP contribution in [0, 0.1) is 5.92 Å². The van der Waals surface area contributed by atoms with Crippen molar-refractivity contribution in [3.63, 3.8) is 0 Å². The summed E-state index contributed by atoms with van der Waals surface area (Å²) in [6.07, 6.45) is 2.07. The number of anilines is 1. The zero-order valence-electron chi connectivity index (χ0n) is 11.5. The number of carbonyl (C=O) groups excluding carboxylic acids is 1. The number of likely N-dealkylation sites (tertiary alicyclic amines) is 1. The summed E-state index contributed by atoms with van der Waals surface area (Å²) >= 11 is 0. The minimum Gasteiger partial charge on any atom is -0.477 e. The van der Waals surface area contributed by atoms with Crippen molar-refractivity contribution < 1.29 is 14.7 Å². The van der Waals surface area contributed by atoms with Crippen LogP contribution in [0.15, 0.2) is 18.2 Å². The molecule has 1 aromatic rings. The van der Waals surface area contributed by atoms with Gasteiger partial charge in [-0.15, -0.1) is 0 Å². The third-order valence-electron chi connectivity index (χ3n) is 3.50. The number of rotatable bonds is 4. The van der Waals surface area contributed by atoms with Gasteiger partial charge in [-0.25, -0.2) is 9.78 Å². The van der Waals surface area contributed by atoms with Crippen LogP contribution in [0.3, 0.4) is 0 Å². The number of pyridine rings is 1. The van der Waals surface area contributed by atoms with Crippen LogP contribution >= 0.6 is 0 Å². The number of hydrogen-bond acceptors (Lipinski definition) is 4. The second-order valence-electron chi connectivity index (χ2n) is 5.07. The summed E-state index contributed by atoms with van der Waals surface area (Å²) < 4.78 is 0. The molecule has 20 heavy (non-hydrogen) atoms. The number of carboxylic acids is 1. The minimum absolute atomic E-state index is 0.0315. The van der Waals surface area contributed by atoms with Crippen molar-refractivity contribution in [1.29, 1.82) is 0 Å². The van der Waals surface area contributed by atoms with Crippen molar-refractivity contribution in [2.75, 3.05) is 25.0 Å². The maximum absolute atomic E-state index is 11.4. The average molecular weight is 277 g/mol. The number of amides is 1. The topological polar surface area (TPSA) is 82.5 Å². The van der Waals surface area contributed by atoms with Crippen molar-refractivity contribution in [3.8, 4) is 0 Å². The largest absolute Gasteiger partial charge is 0.477 e. The molecule has 0 spiro atoms. The number of aromatic nitrogens is 1. The van der Waals surface area contributed by atoms with Crippen LogP contribution in [0.5, 0.6) is 0 Å². The molecule has 0 radical (unpaired) electrons. The second-order valence-corrected chi connectivity index (χ2v) is 5.07. The molecule has 6 nitrogen and oxygen atoms in total. The minimum atomic E-state index is -1.03. The first-order chi connectivity index (χ1) is 9.56. The Hall–Kier alpha value is -2.11. The number of nitrogens with one attached hydrogen (secondary N) is 1. The van der Waals surface area contributed by atoms with Gasteiger partial charge in [0.05, 0.1) is 0 Å². The molecule has 1 aliphatic rings. The third kappa shape index (κ3) is 3.69. The normalized spacial score (nSPS) is 18.6. The first-order valence-electron chi connectivity index (χ1n) is 6.76. The lowest BCUT2D eigenvalue weighted by Gasteiger charge is -2.32. The Bertz CT molecular complexity index is 504. The molecule has 1 saturated heterocycles. The van der Waals surface area contributed by atoms with Crippen LogP contribution in [0.2, 0.25) is 0 Å². The van der Waals surface area contributed by atoms with Crippen LogP contribution in [0.25, 0.3) is 0 Å². The molecule has 1 aromatic heterocycles. The van der Waals surface area contributed by atoms with E-state index in [2.05, 4.69) is 10.3 Å². The summed E-state index contributed by atoms with van der Waals surface area (Å²) in [5.74, 6) is 0.0163. The highest BCUT2D eigenvalue weighted by Gasteiger charge is 2.21. The van der Waals surface area contributed by atoms with E-state index in [1.807, 2.05) is 4.90 Å². The van der Waals surface area contributed by atoms with Crippen molar-refractivity contribution in [2.24, 2.45) is 5.92 Å². The van der Waals surface area contributed by atoms with E-state index in [-0.39, 0.29) is 11.6 Å². The summed E-state index contributed by atoms with van der Waals surface area (Å²) in [4.78, 5) is 28.1. The van der Waals surface area contributed by atoms with E-state index in [1.54, 1.807) is 19.1 Å². The van der Waals surface area contributed by atoms with Gasteiger partial charge >= 0.3 is 5.97 Å². The van der Waals surface area contributed by atoms with Gasteiger partial charge in [0.25, 0.3) is 0 Å². The van der Waals surface area contributed by atoms with Crippen LogP contribution in [0.4, 0.5) is 5.82 Å².